The van der Waals surface area contributed by atoms with Crippen molar-refractivity contribution in [3.05, 3.63) is 34.9 Å². The lowest BCUT2D eigenvalue weighted by Gasteiger charge is -2.10. The van der Waals surface area contributed by atoms with E-state index in [4.69, 9.17) is 11.6 Å². The van der Waals surface area contributed by atoms with Crippen LogP contribution >= 0.6 is 11.6 Å². The minimum atomic E-state index is -0.107. The van der Waals surface area contributed by atoms with Crippen molar-refractivity contribution in [2.45, 2.75) is 6.42 Å². The summed E-state index contributed by atoms with van der Waals surface area (Å²) in [4.78, 5) is 11.5. The van der Waals surface area contributed by atoms with Gasteiger partial charge in [-0.3, -0.25) is 5.32 Å². The predicted molar refractivity (Wildman–Crippen MR) is 63.2 cm³/mol. The number of rotatable bonds is 2. The molecule has 2 amide bonds. The molecule has 0 aliphatic carbocycles. The fourth-order valence-electron chi connectivity index (χ4n) is 1.51. The van der Waals surface area contributed by atoms with Gasteiger partial charge in [0.2, 0.25) is 0 Å². The summed E-state index contributed by atoms with van der Waals surface area (Å²) >= 11 is 5.79. The van der Waals surface area contributed by atoms with E-state index in [0.717, 1.165) is 5.56 Å². The van der Waals surface area contributed by atoms with Crippen LogP contribution in [0.2, 0.25) is 5.02 Å². The number of urea groups is 1. The van der Waals surface area contributed by atoms with Gasteiger partial charge in [-0.25, -0.2) is 4.79 Å². The predicted octanol–water partition coefficient (Wildman–Crippen LogP) is 2.00. The first-order chi connectivity index (χ1) is 7.47. The van der Waals surface area contributed by atoms with Gasteiger partial charge in [0.05, 0.1) is 0 Å². The SMILES string of the molecule is C[N+]1(C)N=C(Cc2ccc(Cl)cc2)NC1=O. The quantitative estimate of drug-likeness (QED) is 0.787. The van der Waals surface area contributed by atoms with Crippen molar-refractivity contribution >= 4 is 23.5 Å². The Kier molecular flexibility index (Phi) is 2.69. The highest BCUT2D eigenvalue weighted by Gasteiger charge is 2.35. The molecule has 1 aliphatic rings. The van der Waals surface area contributed by atoms with Crippen LogP contribution in [0.3, 0.4) is 0 Å². The molecule has 0 saturated heterocycles. The van der Waals surface area contributed by atoms with Crippen LogP contribution in [0.4, 0.5) is 4.79 Å². The first-order valence-corrected chi connectivity index (χ1v) is 5.34. The molecule has 1 heterocycles. The van der Waals surface area contributed by atoms with Crippen LogP contribution in [0.5, 0.6) is 0 Å². The molecule has 0 aromatic heterocycles. The van der Waals surface area contributed by atoms with E-state index in [1.807, 2.05) is 24.3 Å². The molecule has 2 rings (SSSR count). The Morgan fingerprint density at radius 1 is 1.31 bits per heavy atom. The number of quaternary nitrogens is 1. The van der Waals surface area contributed by atoms with E-state index in [9.17, 15) is 4.79 Å². The first kappa shape index (κ1) is 11.1. The summed E-state index contributed by atoms with van der Waals surface area (Å²) < 4.78 is 0.00290. The molecule has 16 heavy (non-hydrogen) atoms. The zero-order chi connectivity index (χ0) is 11.8. The molecule has 5 heteroatoms. The maximum Gasteiger partial charge on any atom is 0.448 e. The standard InChI is InChI=1S/C11H12ClN3O/c1-15(2)11(16)13-10(14-15)7-8-3-5-9(12)6-4-8/h3-6H,7H2,1-2H3/p+1. The van der Waals surface area contributed by atoms with Crippen LogP contribution in [0.15, 0.2) is 29.4 Å². The molecular formula is C11H13ClN3O+. The summed E-state index contributed by atoms with van der Waals surface area (Å²) in [7, 11) is 3.48. The van der Waals surface area contributed by atoms with Crippen molar-refractivity contribution in [1.82, 2.24) is 5.32 Å². The van der Waals surface area contributed by atoms with E-state index in [0.29, 0.717) is 17.3 Å². The molecule has 0 spiro atoms. The molecule has 0 radical (unpaired) electrons. The van der Waals surface area contributed by atoms with Gasteiger partial charge in [-0.1, -0.05) is 28.8 Å². The summed E-state index contributed by atoms with van der Waals surface area (Å²) in [5.41, 5.74) is 1.07. The molecule has 4 nitrogen and oxygen atoms in total. The molecule has 0 fully saturated rings. The maximum atomic E-state index is 11.5. The molecule has 0 saturated carbocycles. The Bertz CT molecular complexity index is 451. The molecule has 0 atom stereocenters. The van der Waals surface area contributed by atoms with Crippen molar-refractivity contribution in [2.24, 2.45) is 5.10 Å². The van der Waals surface area contributed by atoms with Crippen LogP contribution in [-0.2, 0) is 6.42 Å². The Labute approximate surface area is 99.1 Å². The van der Waals surface area contributed by atoms with Crippen molar-refractivity contribution < 1.29 is 9.39 Å². The Morgan fingerprint density at radius 3 is 2.44 bits per heavy atom. The number of nitrogens with one attached hydrogen (secondary N) is 1. The van der Waals surface area contributed by atoms with Gasteiger partial charge in [-0.05, 0) is 17.7 Å². The molecule has 84 valence electrons. The fourth-order valence-corrected chi connectivity index (χ4v) is 1.63. The lowest BCUT2D eigenvalue weighted by Crippen LogP contribution is -2.41. The second kappa shape index (κ2) is 3.88. The van der Waals surface area contributed by atoms with E-state index < -0.39 is 0 Å². The third-order valence-electron chi connectivity index (χ3n) is 2.40. The van der Waals surface area contributed by atoms with Gasteiger partial charge in [0.1, 0.15) is 14.1 Å². The second-order valence-electron chi connectivity index (χ2n) is 4.17. The smallest absolute Gasteiger partial charge is 0.256 e. The van der Waals surface area contributed by atoms with E-state index in [-0.39, 0.29) is 10.6 Å². The van der Waals surface area contributed by atoms with Gasteiger partial charge >= 0.3 is 6.03 Å². The molecule has 1 aromatic rings. The molecule has 1 N–H and O–H groups in total. The molecule has 0 bridgehead atoms. The van der Waals surface area contributed by atoms with E-state index in [2.05, 4.69) is 10.4 Å². The summed E-state index contributed by atoms with van der Waals surface area (Å²) in [6.45, 7) is 0. The third kappa shape index (κ3) is 2.23. The Hall–Kier alpha value is -1.39. The lowest BCUT2D eigenvalue weighted by atomic mass is 10.1. The van der Waals surface area contributed by atoms with Gasteiger partial charge in [0.15, 0.2) is 5.84 Å². The Morgan fingerprint density at radius 2 is 1.94 bits per heavy atom. The summed E-state index contributed by atoms with van der Waals surface area (Å²) in [5.74, 6) is 0.692. The van der Waals surface area contributed by atoms with E-state index in [1.165, 1.54) is 0 Å². The number of halogens is 1. The van der Waals surface area contributed by atoms with Gasteiger partial charge in [-0.15, -0.1) is 4.59 Å². The van der Waals surface area contributed by atoms with Crippen molar-refractivity contribution in [1.29, 1.82) is 0 Å². The summed E-state index contributed by atoms with van der Waals surface area (Å²) in [5, 5.41) is 7.74. The highest BCUT2D eigenvalue weighted by Crippen LogP contribution is 2.13. The monoisotopic (exact) mass is 238 g/mol. The molecule has 1 aromatic carbocycles. The van der Waals surface area contributed by atoms with Crippen molar-refractivity contribution in [3.63, 3.8) is 0 Å². The van der Waals surface area contributed by atoms with Crippen LogP contribution in [0.1, 0.15) is 5.56 Å². The van der Waals surface area contributed by atoms with Gasteiger partial charge < -0.3 is 0 Å². The van der Waals surface area contributed by atoms with Gasteiger partial charge in [0, 0.05) is 11.4 Å². The fraction of sp³-hybridized carbons (Fsp3) is 0.273. The topological polar surface area (TPSA) is 41.5 Å². The normalized spacial score (nSPS) is 18.2. The van der Waals surface area contributed by atoms with Crippen molar-refractivity contribution in [2.75, 3.05) is 14.1 Å². The van der Waals surface area contributed by atoms with Gasteiger partial charge in [0.25, 0.3) is 0 Å². The van der Waals surface area contributed by atoms with E-state index in [1.54, 1.807) is 14.1 Å². The number of amides is 2. The summed E-state index contributed by atoms with van der Waals surface area (Å²) in [6, 6.07) is 7.40. The number of hydrogen-bond acceptors (Lipinski definition) is 2. The average Bonchev–Trinajstić information content (AvgIpc) is 2.44. The number of nitrogens with zero attached hydrogens (tertiary/aromatic N) is 2. The minimum Gasteiger partial charge on any atom is -0.256 e. The first-order valence-electron chi connectivity index (χ1n) is 4.96. The molecule has 1 aliphatic heterocycles. The van der Waals surface area contributed by atoms with Crippen LogP contribution < -0.4 is 5.32 Å². The maximum absolute atomic E-state index is 11.5. The highest BCUT2D eigenvalue weighted by molar-refractivity contribution is 6.30. The van der Waals surface area contributed by atoms with Crippen LogP contribution in [0.25, 0.3) is 0 Å². The molecule has 0 unspecified atom stereocenters. The highest BCUT2D eigenvalue weighted by atomic mass is 35.5. The third-order valence-corrected chi connectivity index (χ3v) is 2.66. The number of carbonyl (C=O) groups is 1. The van der Waals surface area contributed by atoms with Crippen LogP contribution in [0, 0.1) is 0 Å². The largest absolute Gasteiger partial charge is 0.448 e. The van der Waals surface area contributed by atoms with Gasteiger partial charge in [-0.2, -0.15) is 0 Å². The number of amidine groups is 1. The lowest BCUT2D eigenvalue weighted by molar-refractivity contribution is -0.811. The van der Waals surface area contributed by atoms with E-state index >= 15 is 0 Å². The molecular weight excluding hydrogens is 226 g/mol. The number of carbonyl (C=O) groups excluding carboxylic acids is 1. The zero-order valence-electron chi connectivity index (χ0n) is 9.20. The number of hydrogen-bond donors (Lipinski definition) is 1. The zero-order valence-corrected chi connectivity index (χ0v) is 9.95. The number of benzene rings is 1. The average molecular weight is 239 g/mol. The summed E-state index contributed by atoms with van der Waals surface area (Å²) in [6.07, 6.45) is 0.616. The second-order valence-corrected chi connectivity index (χ2v) is 4.61. The minimum absolute atomic E-state index is 0.00290. The van der Waals surface area contributed by atoms with Crippen LogP contribution in [-0.4, -0.2) is 30.6 Å². The van der Waals surface area contributed by atoms with Crippen molar-refractivity contribution in [3.8, 4) is 0 Å². The Balaban J connectivity index is 2.12.